The molecule has 20 heavy (non-hydrogen) atoms. The Morgan fingerprint density at radius 2 is 1.85 bits per heavy atom. The van der Waals surface area contributed by atoms with Crippen molar-refractivity contribution in [3.05, 3.63) is 45.9 Å². The van der Waals surface area contributed by atoms with E-state index in [0.717, 1.165) is 13.0 Å². The predicted molar refractivity (Wildman–Crippen MR) is 88.6 cm³/mol. The number of aryl methyl sites for hydroxylation is 1. The summed E-state index contributed by atoms with van der Waals surface area (Å²) in [4.78, 5) is 5.80. The van der Waals surface area contributed by atoms with Gasteiger partial charge in [-0.15, -0.1) is 11.3 Å². The Morgan fingerprint density at radius 1 is 1.15 bits per heavy atom. The Bertz CT molecular complexity index is 535. The van der Waals surface area contributed by atoms with Crippen LogP contribution in [0, 0.1) is 0 Å². The van der Waals surface area contributed by atoms with Gasteiger partial charge in [0, 0.05) is 22.2 Å². The van der Waals surface area contributed by atoms with E-state index in [1.807, 2.05) is 6.20 Å². The van der Waals surface area contributed by atoms with Crippen molar-refractivity contribution >= 4 is 17.0 Å². The summed E-state index contributed by atoms with van der Waals surface area (Å²) in [5, 5.41) is 4.67. The Kier molecular flexibility index (Phi) is 4.81. The highest BCUT2D eigenvalue weighted by molar-refractivity contribution is 7.11. The van der Waals surface area contributed by atoms with E-state index in [-0.39, 0.29) is 5.41 Å². The number of aromatic nitrogens is 1. The second-order valence-electron chi connectivity index (χ2n) is 6.18. The first-order chi connectivity index (χ1) is 9.49. The molecule has 2 rings (SSSR count). The third-order valence-electron chi connectivity index (χ3n) is 3.15. The number of anilines is 1. The molecule has 108 valence electrons. The van der Waals surface area contributed by atoms with Crippen molar-refractivity contribution in [1.29, 1.82) is 0 Å². The van der Waals surface area contributed by atoms with Crippen LogP contribution in [0.2, 0.25) is 0 Å². The van der Waals surface area contributed by atoms with Crippen molar-refractivity contribution < 1.29 is 0 Å². The van der Waals surface area contributed by atoms with E-state index in [1.54, 1.807) is 11.3 Å². The lowest BCUT2D eigenvalue weighted by Crippen LogP contribution is -2.09. The fourth-order valence-electron chi connectivity index (χ4n) is 2.00. The SMILES string of the molecule is CCCc1ccc(NCc2cnc(C(C)(C)C)s2)cc1. The van der Waals surface area contributed by atoms with Crippen molar-refractivity contribution in [2.75, 3.05) is 5.32 Å². The van der Waals surface area contributed by atoms with Gasteiger partial charge in [0.25, 0.3) is 0 Å². The highest BCUT2D eigenvalue weighted by Gasteiger charge is 2.17. The molecule has 1 aromatic carbocycles. The molecular weight excluding hydrogens is 264 g/mol. The van der Waals surface area contributed by atoms with Gasteiger partial charge in [-0.05, 0) is 24.1 Å². The first-order valence-electron chi connectivity index (χ1n) is 7.27. The standard InChI is InChI=1S/C17H24N2S/c1-5-6-13-7-9-14(10-8-13)18-11-15-12-19-16(20-15)17(2,3)4/h7-10,12,18H,5-6,11H2,1-4H3. The van der Waals surface area contributed by atoms with Crippen LogP contribution in [0.1, 0.15) is 49.6 Å². The molecule has 1 N–H and O–H groups in total. The molecule has 2 aromatic rings. The number of hydrogen-bond donors (Lipinski definition) is 1. The van der Waals surface area contributed by atoms with E-state index in [4.69, 9.17) is 0 Å². The molecule has 0 atom stereocenters. The molecule has 0 bridgehead atoms. The third kappa shape index (κ3) is 4.07. The van der Waals surface area contributed by atoms with Crippen molar-refractivity contribution in [2.24, 2.45) is 0 Å². The van der Waals surface area contributed by atoms with Crippen LogP contribution in [0.15, 0.2) is 30.5 Å². The maximum absolute atomic E-state index is 4.52. The largest absolute Gasteiger partial charge is 0.380 e. The lowest BCUT2D eigenvalue weighted by molar-refractivity contribution is 0.585. The summed E-state index contributed by atoms with van der Waals surface area (Å²) in [5.41, 5.74) is 2.73. The second kappa shape index (κ2) is 6.40. The number of nitrogens with zero attached hydrogens (tertiary/aromatic N) is 1. The van der Waals surface area contributed by atoms with Crippen molar-refractivity contribution in [2.45, 2.75) is 52.5 Å². The van der Waals surface area contributed by atoms with Crippen LogP contribution in [-0.4, -0.2) is 4.98 Å². The number of nitrogens with one attached hydrogen (secondary N) is 1. The van der Waals surface area contributed by atoms with Crippen LogP contribution < -0.4 is 5.32 Å². The minimum Gasteiger partial charge on any atom is -0.380 e. The van der Waals surface area contributed by atoms with Crippen LogP contribution in [-0.2, 0) is 18.4 Å². The van der Waals surface area contributed by atoms with Gasteiger partial charge in [-0.3, -0.25) is 0 Å². The maximum Gasteiger partial charge on any atom is 0.0981 e. The van der Waals surface area contributed by atoms with Crippen LogP contribution in [0.3, 0.4) is 0 Å². The van der Waals surface area contributed by atoms with Crippen molar-refractivity contribution in [3.8, 4) is 0 Å². The van der Waals surface area contributed by atoms with Gasteiger partial charge in [0.1, 0.15) is 0 Å². The Morgan fingerprint density at radius 3 is 2.40 bits per heavy atom. The van der Waals surface area contributed by atoms with E-state index in [1.165, 1.54) is 27.6 Å². The van der Waals surface area contributed by atoms with Crippen molar-refractivity contribution in [3.63, 3.8) is 0 Å². The normalized spacial score (nSPS) is 11.6. The monoisotopic (exact) mass is 288 g/mol. The topological polar surface area (TPSA) is 24.9 Å². The van der Waals surface area contributed by atoms with Gasteiger partial charge in [-0.1, -0.05) is 46.2 Å². The summed E-state index contributed by atoms with van der Waals surface area (Å²) in [7, 11) is 0. The molecule has 1 heterocycles. The van der Waals surface area contributed by atoms with E-state index < -0.39 is 0 Å². The fraction of sp³-hybridized carbons (Fsp3) is 0.471. The first-order valence-corrected chi connectivity index (χ1v) is 8.08. The molecule has 0 amide bonds. The Labute approximate surface area is 126 Å². The second-order valence-corrected chi connectivity index (χ2v) is 7.30. The van der Waals surface area contributed by atoms with E-state index >= 15 is 0 Å². The zero-order valence-corrected chi connectivity index (χ0v) is 13.7. The average molecular weight is 288 g/mol. The summed E-state index contributed by atoms with van der Waals surface area (Å²) < 4.78 is 0. The fourth-order valence-corrected chi connectivity index (χ4v) is 2.91. The minimum absolute atomic E-state index is 0.144. The lowest BCUT2D eigenvalue weighted by atomic mass is 9.98. The summed E-state index contributed by atoms with van der Waals surface area (Å²) in [6.45, 7) is 9.67. The van der Waals surface area contributed by atoms with Gasteiger partial charge in [-0.25, -0.2) is 4.98 Å². The first kappa shape index (κ1) is 15.0. The Balaban J connectivity index is 1.93. The van der Waals surface area contributed by atoms with Gasteiger partial charge in [0.2, 0.25) is 0 Å². The quantitative estimate of drug-likeness (QED) is 0.837. The highest BCUT2D eigenvalue weighted by atomic mass is 32.1. The van der Waals surface area contributed by atoms with Crippen LogP contribution >= 0.6 is 11.3 Å². The van der Waals surface area contributed by atoms with Crippen LogP contribution in [0.4, 0.5) is 5.69 Å². The number of benzene rings is 1. The molecule has 0 unspecified atom stereocenters. The molecular formula is C17H24N2S. The molecule has 1 aromatic heterocycles. The molecule has 3 heteroatoms. The summed E-state index contributed by atoms with van der Waals surface area (Å²) >= 11 is 1.80. The highest BCUT2D eigenvalue weighted by Crippen LogP contribution is 2.27. The minimum atomic E-state index is 0.144. The molecule has 0 aliphatic rings. The van der Waals surface area contributed by atoms with Gasteiger partial charge in [-0.2, -0.15) is 0 Å². The van der Waals surface area contributed by atoms with E-state index in [9.17, 15) is 0 Å². The summed E-state index contributed by atoms with van der Waals surface area (Å²) in [5.74, 6) is 0. The number of thiazole rings is 1. The predicted octanol–water partition coefficient (Wildman–Crippen LogP) is 5.01. The molecule has 0 radical (unpaired) electrons. The number of rotatable bonds is 5. The Hall–Kier alpha value is -1.35. The van der Waals surface area contributed by atoms with Crippen LogP contribution in [0.25, 0.3) is 0 Å². The number of hydrogen-bond acceptors (Lipinski definition) is 3. The molecule has 2 nitrogen and oxygen atoms in total. The smallest absolute Gasteiger partial charge is 0.0981 e. The van der Waals surface area contributed by atoms with Gasteiger partial charge < -0.3 is 5.32 Å². The van der Waals surface area contributed by atoms with Gasteiger partial charge in [0.15, 0.2) is 0 Å². The average Bonchev–Trinajstić information content (AvgIpc) is 2.87. The molecule has 0 spiro atoms. The summed E-state index contributed by atoms with van der Waals surface area (Å²) in [6, 6.07) is 8.74. The van der Waals surface area contributed by atoms with Gasteiger partial charge >= 0.3 is 0 Å². The zero-order valence-electron chi connectivity index (χ0n) is 12.9. The lowest BCUT2D eigenvalue weighted by Gasteiger charge is -2.13. The molecule has 0 saturated heterocycles. The van der Waals surface area contributed by atoms with E-state index in [0.29, 0.717) is 0 Å². The third-order valence-corrected chi connectivity index (χ3v) is 4.58. The zero-order chi connectivity index (χ0) is 14.6. The molecule has 0 fully saturated rings. The summed E-state index contributed by atoms with van der Waals surface area (Å²) in [6.07, 6.45) is 4.34. The maximum atomic E-state index is 4.52. The molecule has 0 aliphatic carbocycles. The van der Waals surface area contributed by atoms with Crippen molar-refractivity contribution in [1.82, 2.24) is 4.98 Å². The van der Waals surface area contributed by atoms with E-state index in [2.05, 4.69) is 62.3 Å². The van der Waals surface area contributed by atoms with Crippen LogP contribution in [0.5, 0.6) is 0 Å². The molecule has 0 saturated carbocycles. The van der Waals surface area contributed by atoms with Gasteiger partial charge in [0.05, 0.1) is 11.6 Å². The molecule has 0 aliphatic heterocycles.